The predicted molar refractivity (Wildman–Crippen MR) is 90.5 cm³/mol. The van der Waals surface area contributed by atoms with Gasteiger partial charge in [-0.2, -0.15) is 4.98 Å². The minimum absolute atomic E-state index is 0.0694. The van der Waals surface area contributed by atoms with Gasteiger partial charge in [0.2, 0.25) is 5.88 Å². The molecule has 0 amide bonds. The Morgan fingerprint density at radius 3 is 2.91 bits per heavy atom. The second-order valence-electron chi connectivity index (χ2n) is 4.90. The molecular weight excluding hydrogens is 339 g/mol. The van der Waals surface area contributed by atoms with Crippen LogP contribution in [-0.2, 0) is 0 Å². The summed E-state index contributed by atoms with van der Waals surface area (Å²) >= 11 is 6.00. The van der Waals surface area contributed by atoms with E-state index < -0.39 is 0 Å². The molecule has 4 rings (SSSR count). The number of H-pyrrole nitrogens is 1. The van der Waals surface area contributed by atoms with Crippen LogP contribution in [0.3, 0.4) is 0 Å². The maximum atomic E-state index is 13.2. The van der Waals surface area contributed by atoms with E-state index in [0.717, 1.165) is 27.5 Å². The molecule has 4 aromatic heterocycles. The highest BCUT2D eigenvalue weighted by molar-refractivity contribution is 7.92. The molecule has 4 heterocycles. The molecule has 0 fully saturated rings. The maximum absolute atomic E-state index is 13.2. The van der Waals surface area contributed by atoms with Crippen molar-refractivity contribution in [1.29, 1.82) is 0 Å². The average molecular weight is 349 g/mol. The van der Waals surface area contributed by atoms with Gasteiger partial charge in [-0.1, -0.05) is 11.6 Å². The summed E-state index contributed by atoms with van der Waals surface area (Å²) in [4.78, 5) is 11.7. The molecular formula is C15H10ClFN4OS. The molecule has 8 heteroatoms. The Bertz CT molecular complexity index is 1030. The van der Waals surface area contributed by atoms with Crippen LogP contribution >= 0.6 is 23.9 Å². The molecule has 0 saturated heterocycles. The van der Waals surface area contributed by atoms with E-state index in [2.05, 4.69) is 15.0 Å². The standard InChI is InChI=1S/C15H10ClFN4OS/c1-22-15-10(6-8-4-5-18-13(8)20-15)11-7-21(23-17)14-9(11)2-3-12(16)19-14/h2-7H,1H3,(H,18,20). The van der Waals surface area contributed by atoms with E-state index in [1.54, 1.807) is 19.4 Å². The van der Waals surface area contributed by atoms with Gasteiger partial charge in [-0.3, -0.25) is 0 Å². The van der Waals surface area contributed by atoms with Crippen LogP contribution in [0, 0.1) is 0 Å². The highest BCUT2D eigenvalue weighted by Crippen LogP contribution is 2.38. The lowest BCUT2D eigenvalue weighted by molar-refractivity contribution is 0.401. The zero-order valence-corrected chi connectivity index (χ0v) is 13.5. The van der Waals surface area contributed by atoms with Crippen molar-refractivity contribution in [2.24, 2.45) is 0 Å². The number of hydrogen-bond acceptors (Lipinski definition) is 4. The van der Waals surface area contributed by atoms with Gasteiger partial charge in [-0.05, 0) is 24.3 Å². The quantitative estimate of drug-likeness (QED) is 0.549. The first-order valence-electron chi connectivity index (χ1n) is 6.70. The Morgan fingerprint density at radius 2 is 2.13 bits per heavy atom. The van der Waals surface area contributed by atoms with E-state index in [0.29, 0.717) is 16.7 Å². The number of hydrogen-bond donors (Lipinski definition) is 1. The van der Waals surface area contributed by atoms with Gasteiger partial charge in [0.1, 0.15) is 10.8 Å². The summed E-state index contributed by atoms with van der Waals surface area (Å²) in [7, 11) is 1.55. The molecule has 0 aliphatic rings. The van der Waals surface area contributed by atoms with E-state index in [-0.39, 0.29) is 12.3 Å². The molecule has 0 spiro atoms. The van der Waals surface area contributed by atoms with Crippen molar-refractivity contribution < 1.29 is 8.62 Å². The molecule has 0 aliphatic carbocycles. The van der Waals surface area contributed by atoms with E-state index in [4.69, 9.17) is 16.3 Å². The van der Waals surface area contributed by atoms with E-state index in [1.807, 2.05) is 24.4 Å². The third-order valence-electron chi connectivity index (χ3n) is 3.64. The van der Waals surface area contributed by atoms with Crippen LogP contribution in [-0.4, -0.2) is 26.0 Å². The summed E-state index contributed by atoms with van der Waals surface area (Å²) in [6.45, 7) is 0. The van der Waals surface area contributed by atoms with Crippen LogP contribution in [0.5, 0.6) is 5.88 Å². The number of aromatic nitrogens is 4. The maximum Gasteiger partial charge on any atom is 0.223 e. The van der Waals surface area contributed by atoms with Crippen LogP contribution in [0.2, 0.25) is 5.15 Å². The lowest BCUT2D eigenvalue weighted by Crippen LogP contribution is -1.92. The van der Waals surface area contributed by atoms with Gasteiger partial charge >= 0.3 is 0 Å². The van der Waals surface area contributed by atoms with E-state index in [1.165, 1.54) is 3.97 Å². The minimum Gasteiger partial charge on any atom is -0.480 e. The van der Waals surface area contributed by atoms with Gasteiger partial charge in [-0.25, -0.2) is 8.96 Å². The summed E-state index contributed by atoms with van der Waals surface area (Å²) in [5, 5.41) is 2.02. The van der Waals surface area contributed by atoms with Crippen molar-refractivity contribution in [1.82, 2.24) is 18.9 Å². The fourth-order valence-electron chi connectivity index (χ4n) is 2.63. The molecule has 1 N–H and O–H groups in total. The lowest BCUT2D eigenvalue weighted by atomic mass is 10.1. The molecule has 0 aliphatic heterocycles. The van der Waals surface area contributed by atoms with Gasteiger partial charge in [0.25, 0.3) is 0 Å². The fraction of sp³-hybridized carbons (Fsp3) is 0.0667. The number of methoxy groups -OCH3 is 1. The number of pyridine rings is 2. The molecule has 23 heavy (non-hydrogen) atoms. The van der Waals surface area contributed by atoms with Gasteiger partial charge in [-0.15, -0.1) is 3.89 Å². The summed E-state index contributed by atoms with van der Waals surface area (Å²) in [6, 6.07) is 7.36. The SMILES string of the molecule is COc1nc2[nH]ccc2cc1-c1cn(SF)c2nc(Cl)ccc12. The Balaban J connectivity index is 2.05. The van der Waals surface area contributed by atoms with Crippen LogP contribution in [0.1, 0.15) is 0 Å². The number of halogens is 2. The van der Waals surface area contributed by atoms with Gasteiger partial charge in [0.15, 0.2) is 18.0 Å². The van der Waals surface area contributed by atoms with Crippen LogP contribution in [0.25, 0.3) is 33.2 Å². The highest BCUT2D eigenvalue weighted by atomic mass is 35.5. The highest BCUT2D eigenvalue weighted by Gasteiger charge is 2.18. The largest absolute Gasteiger partial charge is 0.480 e. The van der Waals surface area contributed by atoms with E-state index >= 15 is 0 Å². The average Bonchev–Trinajstić information content (AvgIpc) is 3.16. The van der Waals surface area contributed by atoms with Crippen molar-refractivity contribution in [3.63, 3.8) is 0 Å². The number of aromatic amines is 1. The summed E-state index contributed by atoms with van der Waals surface area (Å²) in [6.07, 6.45) is 3.47. The monoisotopic (exact) mass is 348 g/mol. The number of nitrogens with zero attached hydrogens (tertiary/aromatic N) is 3. The Morgan fingerprint density at radius 1 is 1.26 bits per heavy atom. The number of nitrogens with one attached hydrogen (secondary N) is 1. The van der Waals surface area contributed by atoms with Gasteiger partial charge in [0.05, 0.1) is 7.11 Å². The third kappa shape index (κ3) is 2.24. The van der Waals surface area contributed by atoms with E-state index in [9.17, 15) is 3.89 Å². The number of rotatable bonds is 3. The van der Waals surface area contributed by atoms with Crippen molar-refractivity contribution in [3.05, 3.63) is 41.8 Å². The lowest BCUT2D eigenvalue weighted by Gasteiger charge is -2.07. The van der Waals surface area contributed by atoms with Crippen molar-refractivity contribution in [2.75, 3.05) is 7.11 Å². The Kier molecular flexibility index (Phi) is 3.39. The first-order valence-corrected chi connectivity index (χ1v) is 7.75. The minimum atomic E-state index is 0.0694. The van der Waals surface area contributed by atoms with Gasteiger partial charge in [0, 0.05) is 34.3 Å². The second kappa shape index (κ2) is 5.43. The van der Waals surface area contributed by atoms with Crippen LogP contribution in [0.4, 0.5) is 3.89 Å². The number of fused-ring (bicyclic) bond motifs is 2. The fourth-order valence-corrected chi connectivity index (χ4v) is 3.13. The Labute approximate surface area is 139 Å². The zero-order valence-electron chi connectivity index (χ0n) is 11.9. The summed E-state index contributed by atoms with van der Waals surface area (Å²) in [5.74, 6) is 0.456. The van der Waals surface area contributed by atoms with Crippen LogP contribution in [0.15, 0.2) is 36.7 Å². The normalized spacial score (nSPS) is 11.4. The van der Waals surface area contributed by atoms with Crippen molar-refractivity contribution in [2.45, 2.75) is 0 Å². The Hall–Kier alpha value is -2.25. The van der Waals surface area contributed by atoms with Crippen LogP contribution < -0.4 is 4.74 Å². The molecule has 5 nitrogen and oxygen atoms in total. The molecule has 0 atom stereocenters. The first kappa shape index (κ1) is 14.3. The summed E-state index contributed by atoms with van der Waals surface area (Å²) < 4.78 is 20.0. The van der Waals surface area contributed by atoms with Gasteiger partial charge < -0.3 is 9.72 Å². The molecule has 4 aromatic rings. The topological polar surface area (TPSA) is 55.7 Å². The predicted octanol–water partition coefficient (Wildman–Crippen LogP) is 4.62. The van der Waals surface area contributed by atoms with Crippen molar-refractivity contribution in [3.8, 4) is 17.0 Å². The zero-order chi connectivity index (χ0) is 16.0. The molecule has 0 aromatic carbocycles. The molecule has 0 saturated carbocycles. The third-order valence-corrected chi connectivity index (χ3v) is 4.28. The summed E-state index contributed by atoms with van der Waals surface area (Å²) in [5.41, 5.74) is 2.73. The molecule has 0 unspecified atom stereocenters. The number of ether oxygens (including phenoxy) is 1. The molecule has 0 bridgehead atoms. The first-order chi connectivity index (χ1) is 11.2. The smallest absolute Gasteiger partial charge is 0.223 e. The molecule has 0 radical (unpaired) electrons. The molecule has 116 valence electrons. The van der Waals surface area contributed by atoms with Crippen molar-refractivity contribution >= 4 is 46.0 Å². The second-order valence-corrected chi connectivity index (χ2v) is 5.82.